The maximum atomic E-state index is 7.96. The maximum Gasteiger partial charge on any atom is 0.124 e. The van der Waals surface area contributed by atoms with Crippen molar-refractivity contribution in [2.45, 2.75) is 26.8 Å². The van der Waals surface area contributed by atoms with Gasteiger partial charge in [-0.05, 0) is 20.8 Å². The Morgan fingerprint density at radius 1 is 1.41 bits per heavy atom. The highest BCUT2D eigenvalue weighted by atomic mass is 16.5. The Kier molecular flexibility index (Phi) is 8.23. The third-order valence-corrected chi connectivity index (χ3v) is 2.47. The summed E-state index contributed by atoms with van der Waals surface area (Å²) in [5, 5.41) is 14.3. The van der Waals surface area contributed by atoms with Crippen molar-refractivity contribution in [2.24, 2.45) is 0 Å². The van der Waals surface area contributed by atoms with Gasteiger partial charge in [-0.3, -0.25) is 5.41 Å². The number of rotatable bonds is 8. The van der Waals surface area contributed by atoms with Crippen LogP contribution >= 0.6 is 0 Å². The lowest BCUT2D eigenvalue weighted by atomic mass is 10.3. The zero-order valence-corrected chi connectivity index (χ0v) is 11.6. The fourth-order valence-electron chi connectivity index (χ4n) is 1.54. The molecule has 0 unspecified atom stereocenters. The topological polar surface area (TPSA) is 60.4 Å². The van der Waals surface area contributed by atoms with Gasteiger partial charge in [0.1, 0.15) is 11.7 Å². The predicted molar refractivity (Wildman–Crippen MR) is 72.3 cm³/mol. The van der Waals surface area contributed by atoms with Crippen LogP contribution in [0.15, 0.2) is 11.9 Å². The standard InChI is InChI=1S/C12H26N4O/c1-6-16(7-2)11(13)8-12(14-4)15-10(3)9-17-5/h8,10,13-15H,6-7,9H2,1-5H3/t10-/m1/s1. The number of likely N-dealkylation sites (N-methyl/N-ethyl adjacent to an activating group) is 1. The monoisotopic (exact) mass is 242 g/mol. The Morgan fingerprint density at radius 2 is 2.00 bits per heavy atom. The summed E-state index contributed by atoms with van der Waals surface area (Å²) in [5.74, 6) is 1.35. The second-order valence-corrected chi connectivity index (χ2v) is 3.87. The summed E-state index contributed by atoms with van der Waals surface area (Å²) in [6.45, 7) is 8.46. The van der Waals surface area contributed by atoms with Crippen LogP contribution in [0.2, 0.25) is 0 Å². The Bertz CT molecular complexity index is 249. The molecule has 0 aromatic carbocycles. The number of amidine groups is 1. The van der Waals surface area contributed by atoms with Crippen LogP contribution < -0.4 is 10.6 Å². The molecule has 3 N–H and O–H groups in total. The normalized spacial score (nSPS) is 13.1. The molecule has 0 aromatic heterocycles. The smallest absolute Gasteiger partial charge is 0.124 e. The number of nitrogens with zero attached hydrogens (tertiary/aromatic N) is 1. The van der Waals surface area contributed by atoms with Crippen LogP contribution in [-0.2, 0) is 4.74 Å². The highest BCUT2D eigenvalue weighted by molar-refractivity contribution is 5.90. The third-order valence-electron chi connectivity index (χ3n) is 2.47. The summed E-state index contributed by atoms with van der Waals surface area (Å²) in [4.78, 5) is 1.99. The molecule has 0 heterocycles. The molecule has 100 valence electrons. The predicted octanol–water partition coefficient (Wildman–Crippen LogP) is 0.991. The molecule has 0 aromatic rings. The molecule has 0 amide bonds. The van der Waals surface area contributed by atoms with Crippen LogP contribution in [0.4, 0.5) is 0 Å². The lowest BCUT2D eigenvalue weighted by molar-refractivity contribution is 0.175. The Morgan fingerprint density at radius 3 is 2.41 bits per heavy atom. The molecule has 0 fully saturated rings. The van der Waals surface area contributed by atoms with Gasteiger partial charge in [-0.1, -0.05) is 0 Å². The van der Waals surface area contributed by atoms with Crippen molar-refractivity contribution < 1.29 is 4.74 Å². The summed E-state index contributed by atoms with van der Waals surface area (Å²) in [6, 6.07) is 0.211. The molecule has 0 spiro atoms. The molecular formula is C12H26N4O. The second kappa shape index (κ2) is 8.87. The molecule has 0 rings (SSSR count). The molecule has 0 saturated heterocycles. The molecular weight excluding hydrogens is 216 g/mol. The Hall–Kier alpha value is -1.23. The van der Waals surface area contributed by atoms with Crippen molar-refractivity contribution >= 4 is 5.84 Å². The van der Waals surface area contributed by atoms with Crippen LogP contribution in [0.25, 0.3) is 0 Å². The fraction of sp³-hybridized carbons (Fsp3) is 0.750. The second-order valence-electron chi connectivity index (χ2n) is 3.87. The zero-order chi connectivity index (χ0) is 13.3. The van der Waals surface area contributed by atoms with Crippen LogP contribution in [0.5, 0.6) is 0 Å². The van der Waals surface area contributed by atoms with Crippen molar-refractivity contribution in [1.82, 2.24) is 15.5 Å². The summed E-state index contributed by atoms with van der Waals surface area (Å²) in [6.07, 6.45) is 1.80. The Balaban J connectivity index is 4.47. The molecule has 17 heavy (non-hydrogen) atoms. The van der Waals surface area contributed by atoms with Crippen molar-refractivity contribution in [1.29, 1.82) is 5.41 Å². The third kappa shape index (κ3) is 6.16. The molecule has 0 radical (unpaired) electrons. The van der Waals surface area contributed by atoms with E-state index in [1.54, 1.807) is 13.2 Å². The van der Waals surface area contributed by atoms with E-state index in [0.29, 0.717) is 12.4 Å². The largest absolute Gasteiger partial charge is 0.383 e. The molecule has 5 heteroatoms. The number of ether oxygens (including phenoxy) is 1. The molecule has 0 aliphatic heterocycles. The molecule has 0 aliphatic carbocycles. The summed E-state index contributed by atoms with van der Waals surface area (Å²) in [5.41, 5.74) is 0. The minimum absolute atomic E-state index is 0.211. The van der Waals surface area contributed by atoms with Gasteiger partial charge in [-0.15, -0.1) is 0 Å². The van der Waals surface area contributed by atoms with Gasteiger partial charge in [-0.25, -0.2) is 0 Å². The molecule has 0 bridgehead atoms. The summed E-state index contributed by atoms with van der Waals surface area (Å²) >= 11 is 0. The van der Waals surface area contributed by atoms with Gasteiger partial charge < -0.3 is 20.3 Å². The molecule has 1 atom stereocenters. The number of nitrogens with one attached hydrogen (secondary N) is 3. The van der Waals surface area contributed by atoms with E-state index in [-0.39, 0.29) is 6.04 Å². The summed E-state index contributed by atoms with van der Waals surface area (Å²) in [7, 11) is 3.52. The average Bonchev–Trinajstić information content (AvgIpc) is 2.30. The van der Waals surface area contributed by atoms with Gasteiger partial charge in [-0.2, -0.15) is 0 Å². The van der Waals surface area contributed by atoms with Crippen LogP contribution in [-0.4, -0.2) is 50.6 Å². The van der Waals surface area contributed by atoms with E-state index in [1.165, 1.54) is 0 Å². The Labute approximate surface area is 105 Å². The first kappa shape index (κ1) is 15.8. The van der Waals surface area contributed by atoms with Gasteiger partial charge in [0, 0.05) is 39.4 Å². The van der Waals surface area contributed by atoms with Crippen molar-refractivity contribution in [3.8, 4) is 0 Å². The van der Waals surface area contributed by atoms with Gasteiger partial charge in [0.15, 0.2) is 0 Å². The van der Waals surface area contributed by atoms with Crippen LogP contribution in [0.1, 0.15) is 20.8 Å². The maximum absolute atomic E-state index is 7.96. The number of hydrogen-bond acceptors (Lipinski definition) is 4. The summed E-state index contributed by atoms with van der Waals surface area (Å²) < 4.78 is 5.06. The van der Waals surface area contributed by atoms with Gasteiger partial charge in [0.05, 0.1) is 6.61 Å². The van der Waals surface area contributed by atoms with Crippen LogP contribution in [0, 0.1) is 5.41 Å². The first-order chi connectivity index (χ1) is 8.08. The first-order valence-corrected chi connectivity index (χ1v) is 6.07. The lowest BCUT2D eigenvalue weighted by Gasteiger charge is -2.22. The quantitative estimate of drug-likeness (QED) is 0.439. The van der Waals surface area contributed by atoms with E-state index >= 15 is 0 Å². The molecule has 5 nitrogen and oxygen atoms in total. The SMILES string of the molecule is CCN(CC)C(=N)C=C(NC)N[C@H](C)COC. The average molecular weight is 242 g/mol. The van der Waals surface area contributed by atoms with Gasteiger partial charge in [0.25, 0.3) is 0 Å². The zero-order valence-electron chi connectivity index (χ0n) is 11.6. The van der Waals surface area contributed by atoms with Crippen LogP contribution in [0.3, 0.4) is 0 Å². The van der Waals surface area contributed by atoms with Crippen molar-refractivity contribution in [3.05, 3.63) is 11.9 Å². The fourth-order valence-corrected chi connectivity index (χ4v) is 1.54. The highest BCUT2D eigenvalue weighted by Gasteiger charge is 2.06. The van der Waals surface area contributed by atoms with Gasteiger partial charge >= 0.3 is 0 Å². The number of methoxy groups -OCH3 is 1. The van der Waals surface area contributed by atoms with E-state index in [0.717, 1.165) is 18.9 Å². The first-order valence-electron chi connectivity index (χ1n) is 6.07. The van der Waals surface area contributed by atoms with Gasteiger partial charge in [0.2, 0.25) is 0 Å². The van der Waals surface area contributed by atoms with E-state index < -0.39 is 0 Å². The lowest BCUT2D eigenvalue weighted by Crippen LogP contribution is -2.36. The van der Waals surface area contributed by atoms with E-state index in [4.69, 9.17) is 10.1 Å². The van der Waals surface area contributed by atoms with E-state index in [9.17, 15) is 0 Å². The van der Waals surface area contributed by atoms with Crippen molar-refractivity contribution in [2.75, 3.05) is 33.9 Å². The van der Waals surface area contributed by atoms with Crippen molar-refractivity contribution in [3.63, 3.8) is 0 Å². The highest BCUT2D eigenvalue weighted by Crippen LogP contribution is 1.95. The minimum atomic E-state index is 0.211. The van der Waals surface area contributed by atoms with E-state index in [2.05, 4.69) is 10.6 Å². The minimum Gasteiger partial charge on any atom is -0.383 e. The van der Waals surface area contributed by atoms with E-state index in [1.807, 2.05) is 32.7 Å². The molecule has 0 aliphatic rings. The number of hydrogen-bond donors (Lipinski definition) is 3. The molecule has 0 saturated carbocycles.